The summed E-state index contributed by atoms with van der Waals surface area (Å²) in [4.78, 5) is 15.2. The van der Waals surface area contributed by atoms with E-state index >= 15 is 0 Å². The Bertz CT molecular complexity index is 330. The average molecular weight is 215 g/mol. The highest BCUT2D eigenvalue weighted by Crippen LogP contribution is 2.11. The number of amides is 1. The second-order valence-electron chi connectivity index (χ2n) is 2.74. The highest BCUT2D eigenvalue weighted by Gasteiger charge is 2.12. The van der Waals surface area contributed by atoms with Crippen molar-refractivity contribution in [2.24, 2.45) is 0 Å². The van der Waals surface area contributed by atoms with Crippen LogP contribution in [-0.2, 0) is 0 Å². The van der Waals surface area contributed by atoms with Crippen LogP contribution in [0.15, 0.2) is 18.3 Å². The molecule has 14 heavy (non-hydrogen) atoms. The summed E-state index contributed by atoms with van der Waals surface area (Å²) in [7, 11) is 0. The summed E-state index contributed by atoms with van der Waals surface area (Å²) >= 11 is 5.69. The number of aromatic nitrogens is 1. The first kappa shape index (κ1) is 10.9. The standard InChI is InChI=1S/C9H11ClN2O2/c1-2-7(13)12-9(14)6-4-3-5-11-8(6)10/h3-5,7,13H,2H2,1H3,(H,12,14). The molecule has 1 rings (SSSR count). The Hall–Kier alpha value is -1.13. The van der Waals surface area contributed by atoms with E-state index in [0.29, 0.717) is 6.42 Å². The number of hydrogen-bond acceptors (Lipinski definition) is 3. The van der Waals surface area contributed by atoms with Crippen molar-refractivity contribution in [1.29, 1.82) is 0 Å². The Balaban J connectivity index is 2.75. The molecule has 0 spiro atoms. The smallest absolute Gasteiger partial charge is 0.256 e. The maximum absolute atomic E-state index is 11.4. The lowest BCUT2D eigenvalue weighted by Gasteiger charge is -2.10. The Labute approximate surface area is 86.9 Å². The molecule has 1 atom stereocenters. The van der Waals surface area contributed by atoms with E-state index in [1.165, 1.54) is 6.20 Å². The molecule has 4 nitrogen and oxygen atoms in total. The van der Waals surface area contributed by atoms with Crippen LogP contribution in [0.5, 0.6) is 0 Å². The van der Waals surface area contributed by atoms with Crippen molar-refractivity contribution in [3.63, 3.8) is 0 Å². The summed E-state index contributed by atoms with van der Waals surface area (Å²) in [6.45, 7) is 1.76. The van der Waals surface area contributed by atoms with E-state index < -0.39 is 12.1 Å². The molecule has 0 aliphatic heterocycles. The third-order valence-electron chi connectivity index (χ3n) is 1.69. The van der Waals surface area contributed by atoms with Crippen LogP contribution in [-0.4, -0.2) is 22.2 Å². The predicted octanol–water partition coefficient (Wildman–Crippen LogP) is 1.19. The minimum absolute atomic E-state index is 0.133. The molecule has 1 aromatic rings. The van der Waals surface area contributed by atoms with E-state index in [2.05, 4.69) is 10.3 Å². The molecule has 1 unspecified atom stereocenters. The van der Waals surface area contributed by atoms with Crippen LogP contribution in [0.4, 0.5) is 0 Å². The lowest BCUT2D eigenvalue weighted by Crippen LogP contribution is -2.34. The number of carbonyl (C=O) groups excluding carboxylic acids is 1. The highest BCUT2D eigenvalue weighted by atomic mass is 35.5. The van der Waals surface area contributed by atoms with Crippen LogP contribution >= 0.6 is 11.6 Å². The second kappa shape index (κ2) is 4.93. The zero-order valence-electron chi connectivity index (χ0n) is 7.70. The molecule has 0 radical (unpaired) electrons. The average Bonchev–Trinajstić information content (AvgIpc) is 2.18. The molecule has 1 aromatic heterocycles. The molecule has 2 N–H and O–H groups in total. The van der Waals surface area contributed by atoms with Gasteiger partial charge in [0.05, 0.1) is 5.56 Å². The lowest BCUT2D eigenvalue weighted by atomic mass is 10.2. The van der Waals surface area contributed by atoms with E-state index in [9.17, 15) is 9.90 Å². The summed E-state index contributed by atoms with van der Waals surface area (Å²) < 4.78 is 0. The first-order chi connectivity index (χ1) is 6.65. The zero-order chi connectivity index (χ0) is 10.6. The Morgan fingerprint density at radius 2 is 2.50 bits per heavy atom. The maximum Gasteiger partial charge on any atom is 0.256 e. The van der Waals surface area contributed by atoms with Gasteiger partial charge in [-0.1, -0.05) is 18.5 Å². The van der Waals surface area contributed by atoms with Gasteiger partial charge in [0, 0.05) is 6.20 Å². The molecule has 0 aliphatic rings. The molecule has 1 heterocycles. The molecule has 0 aromatic carbocycles. The maximum atomic E-state index is 11.4. The van der Waals surface area contributed by atoms with Crippen LogP contribution in [0.2, 0.25) is 5.15 Å². The normalized spacial score (nSPS) is 12.2. The van der Waals surface area contributed by atoms with Crippen molar-refractivity contribution >= 4 is 17.5 Å². The fourth-order valence-electron chi connectivity index (χ4n) is 0.887. The molecule has 0 saturated carbocycles. The molecular weight excluding hydrogens is 204 g/mol. The third kappa shape index (κ3) is 2.68. The van der Waals surface area contributed by atoms with Gasteiger partial charge in [-0.2, -0.15) is 0 Å². The Morgan fingerprint density at radius 3 is 3.07 bits per heavy atom. The van der Waals surface area contributed by atoms with Crippen molar-refractivity contribution < 1.29 is 9.90 Å². The van der Waals surface area contributed by atoms with Crippen molar-refractivity contribution in [2.45, 2.75) is 19.6 Å². The van der Waals surface area contributed by atoms with Gasteiger partial charge in [0.25, 0.3) is 5.91 Å². The SMILES string of the molecule is CCC(O)NC(=O)c1cccnc1Cl. The molecule has 0 saturated heterocycles. The fraction of sp³-hybridized carbons (Fsp3) is 0.333. The summed E-state index contributed by atoms with van der Waals surface area (Å²) in [5.41, 5.74) is 0.265. The van der Waals surface area contributed by atoms with Crippen LogP contribution in [0.25, 0.3) is 0 Å². The number of aliphatic hydroxyl groups is 1. The van der Waals surface area contributed by atoms with Crippen molar-refractivity contribution in [3.05, 3.63) is 29.0 Å². The first-order valence-corrected chi connectivity index (χ1v) is 4.62. The lowest BCUT2D eigenvalue weighted by molar-refractivity contribution is 0.0776. The summed E-state index contributed by atoms with van der Waals surface area (Å²) in [6.07, 6.45) is 1.10. The third-order valence-corrected chi connectivity index (χ3v) is 1.99. The van der Waals surface area contributed by atoms with Gasteiger partial charge >= 0.3 is 0 Å². The number of halogens is 1. The first-order valence-electron chi connectivity index (χ1n) is 4.24. The fourth-order valence-corrected chi connectivity index (χ4v) is 1.09. The largest absolute Gasteiger partial charge is 0.374 e. The second-order valence-corrected chi connectivity index (χ2v) is 3.10. The van der Waals surface area contributed by atoms with Gasteiger partial charge in [-0.05, 0) is 18.6 Å². The number of nitrogens with one attached hydrogen (secondary N) is 1. The van der Waals surface area contributed by atoms with E-state index in [0.717, 1.165) is 0 Å². The molecule has 0 aliphatic carbocycles. The van der Waals surface area contributed by atoms with E-state index in [1.54, 1.807) is 19.1 Å². The highest BCUT2D eigenvalue weighted by molar-refractivity contribution is 6.32. The quantitative estimate of drug-likeness (QED) is 0.587. The predicted molar refractivity (Wildman–Crippen MR) is 53.0 cm³/mol. The molecule has 0 bridgehead atoms. The number of pyridine rings is 1. The van der Waals surface area contributed by atoms with E-state index in [-0.39, 0.29) is 10.7 Å². The zero-order valence-corrected chi connectivity index (χ0v) is 8.45. The monoisotopic (exact) mass is 214 g/mol. The number of nitrogens with zero attached hydrogens (tertiary/aromatic N) is 1. The van der Waals surface area contributed by atoms with Gasteiger partial charge in [0.2, 0.25) is 0 Å². The van der Waals surface area contributed by atoms with Crippen LogP contribution < -0.4 is 5.32 Å². The van der Waals surface area contributed by atoms with Crippen LogP contribution in [0.3, 0.4) is 0 Å². The molecule has 5 heteroatoms. The van der Waals surface area contributed by atoms with Crippen LogP contribution in [0.1, 0.15) is 23.7 Å². The Morgan fingerprint density at radius 1 is 1.79 bits per heavy atom. The minimum atomic E-state index is -0.848. The molecule has 0 fully saturated rings. The number of carbonyl (C=O) groups is 1. The topological polar surface area (TPSA) is 62.2 Å². The molecule has 1 amide bonds. The van der Waals surface area contributed by atoms with Gasteiger partial charge in [-0.3, -0.25) is 4.79 Å². The van der Waals surface area contributed by atoms with Gasteiger partial charge in [0.15, 0.2) is 0 Å². The van der Waals surface area contributed by atoms with Gasteiger partial charge in [-0.25, -0.2) is 4.98 Å². The van der Waals surface area contributed by atoms with Gasteiger partial charge < -0.3 is 10.4 Å². The van der Waals surface area contributed by atoms with Crippen molar-refractivity contribution in [2.75, 3.05) is 0 Å². The van der Waals surface area contributed by atoms with E-state index in [1.807, 2.05) is 0 Å². The van der Waals surface area contributed by atoms with Crippen LogP contribution in [0, 0.1) is 0 Å². The Kier molecular flexibility index (Phi) is 3.85. The van der Waals surface area contributed by atoms with Gasteiger partial charge in [0.1, 0.15) is 11.4 Å². The summed E-state index contributed by atoms with van der Waals surface area (Å²) in [5.74, 6) is -0.419. The van der Waals surface area contributed by atoms with Crippen molar-refractivity contribution in [1.82, 2.24) is 10.3 Å². The number of aliphatic hydroxyl groups excluding tert-OH is 1. The number of hydrogen-bond donors (Lipinski definition) is 2. The minimum Gasteiger partial charge on any atom is -0.374 e. The van der Waals surface area contributed by atoms with Crippen molar-refractivity contribution in [3.8, 4) is 0 Å². The number of rotatable bonds is 3. The van der Waals surface area contributed by atoms with E-state index in [4.69, 9.17) is 11.6 Å². The molecule has 76 valence electrons. The summed E-state index contributed by atoms with van der Waals surface area (Å²) in [6, 6.07) is 3.16. The van der Waals surface area contributed by atoms with Gasteiger partial charge in [-0.15, -0.1) is 0 Å². The summed E-state index contributed by atoms with van der Waals surface area (Å²) in [5, 5.41) is 11.7. The molecular formula is C9H11ClN2O2.